The summed E-state index contributed by atoms with van der Waals surface area (Å²) in [6.07, 6.45) is 2.91. The Morgan fingerprint density at radius 3 is 1.26 bits per heavy atom. The predicted octanol–water partition coefficient (Wildman–Crippen LogP) is 5.82. The molecule has 6 rings (SSSR count). The lowest BCUT2D eigenvalue weighted by atomic mass is 10.0. The van der Waals surface area contributed by atoms with E-state index in [-0.39, 0.29) is 48.2 Å². The molecule has 0 unspecified atom stereocenters. The maximum Gasteiger partial charge on any atom is 0.270 e. The highest BCUT2D eigenvalue weighted by molar-refractivity contribution is 6.00. The second-order valence-electron chi connectivity index (χ2n) is 13.0. The van der Waals surface area contributed by atoms with E-state index in [9.17, 15) is 27.2 Å². The van der Waals surface area contributed by atoms with Gasteiger partial charge in [-0.25, -0.2) is 17.6 Å². The molecule has 10 nitrogen and oxygen atoms in total. The first-order valence-electron chi connectivity index (χ1n) is 17.6. The summed E-state index contributed by atoms with van der Waals surface area (Å²) in [5.74, 6) is -2.96. The zero-order chi connectivity index (χ0) is 38.8. The molecule has 0 fully saturated rings. The number of hydrogen-bond donors (Lipinski definition) is 8. The summed E-state index contributed by atoms with van der Waals surface area (Å²) < 4.78 is 55.4. The van der Waals surface area contributed by atoms with Gasteiger partial charge in [-0.05, 0) is 110 Å². The molecule has 0 saturated heterocycles. The quantitative estimate of drug-likeness (QED) is 0.0648. The van der Waals surface area contributed by atoms with Crippen molar-refractivity contribution in [3.8, 4) is 22.3 Å². The van der Waals surface area contributed by atoms with Crippen LogP contribution in [0.15, 0.2) is 84.9 Å². The summed E-state index contributed by atoms with van der Waals surface area (Å²) >= 11 is 0. The summed E-state index contributed by atoms with van der Waals surface area (Å²) in [7, 11) is 0. The van der Waals surface area contributed by atoms with Gasteiger partial charge in [0, 0.05) is 47.0 Å². The first-order valence-corrected chi connectivity index (χ1v) is 17.6. The maximum atomic E-state index is 14.6. The number of halogens is 4. The van der Waals surface area contributed by atoms with Crippen LogP contribution in [0.4, 0.5) is 17.6 Å². The zero-order valence-corrected chi connectivity index (χ0v) is 29.5. The van der Waals surface area contributed by atoms with E-state index in [1.165, 1.54) is 24.3 Å². The van der Waals surface area contributed by atoms with Gasteiger partial charge in [0.1, 0.15) is 23.0 Å². The third-order valence-electron chi connectivity index (χ3n) is 8.89. The molecular weight excluding hydrogens is 700 g/mol. The number of fused-ring (bicyclic) bond motifs is 2. The van der Waals surface area contributed by atoms with Gasteiger partial charge in [0.2, 0.25) is 0 Å². The fourth-order valence-electron chi connectivity index (χ4n) is 5.87. The minimum atomic E-state index is -0.608. The molecular formula is C40H44F4N8O2. The highest BCUT2D eigenvalue weighted by Gasteiger charge is 2.20. The van der Waals surface area contributed by atoms with Crippen molar-refractivity contribution in [1.82, 2.24) is 20.6 Å². The van der Waals surface area contributed by atoms with Crippen molar-refractivity contribution in [1.29, 1.82) is 0 Å². The lowest BCUT2D eigenvalue weighted by Crippen LogP contribution is -2.37. The molecule has 2 atom stereocenters. The topological polar surface area (TPSA) is 194 Å². The number of hydrogen-bond acceptors (Lipinski definition) is 6. The van der Waals surface area contributed by atoms with Crippen LogP contribution >= 0.6 is 0 Å². The molecule has 0 aliphatic carbocycles. The number of rotatable bonds is 14. The number of nitrogens with one attached hydrogen (secondary N) is 4. The Kier molecular flexibility index (Phi) is 13.6. The fraction of sp³-hybridized carbons (Fsp3) is 0.250. The second-order valence-corrected chi connectivity index (χ2v) is 13.0. The van der Waals surface area contributed by atoms with Crippen LogP contribution in [0.5, 0.6) is 0 Å². The summed E-state index contributed by atoms with van der Waals surface area (Å²) in [4.78, 5) is 30.3. The lowest BCUT2D eigenvalue weighted by Gasteiger charge is -2.11. The van der Waals surface area contributed by atoms with E-state index in [0.29, 0.717) is 47.7 Å². The Morgan fingerprint density at radius 1 is 0.556 bits per heavy atom. The molecule has 6 aromatic rings. The molecule has 2 amide bonds. The predicted molar refractivity (Wildman–Crippen MR) is 204 cm³/mol. The van der Waals surface area contributed by atoms with Crippen LogP contribution in [0.25, 0.3) is 44.1 Å². The Morgan fingerprint density at radius 2 is 0.907 bits per heavy atom. The number of amides is 2. The maximum absolute atomic E-state index is 14.6. The summed E-state index contributed by atoms with van der Waals surface area (Å²) in [5, 5.41) is 5.92. The number of aromatic nitrogens is 2. The van der Waals surface area contributed by atoms with Gasteiger partial charge in [0.05, 0.1) is 0 Å². The van der Waals surface area contributed by atoms with Crippen molar-refractivity contribution in [3.05, 3.63) is 120 Å². The first-order chi connectivity index (χ1) is 26.0. The molecule has 0 bridgehead atoms. The third-order valence-corrected chi connectivity index (χ3v) is 8.89. The number of aromatic amines is 2. The molecule has 14 heteroatoms. The minimum Gasteiger partial charge on any atom is -0.349 e. The highest BCUT2D eigenvalue weighted by atomic mass is 19.1. The Labute approximate surface area is 309 Å². The van der Waals surface area contributed by atoms with Crippen LogP contribution in [-0.4, -0.2) is 60.0 Å². The van der Waals surface area contributed by atoms with Crippen LogP contribution in [0.3, 0.4) is 0 Å². The summed E-state index contributed by atoms with van der Waals surface area (Å²) in [5.41, 5.74) is 26.5. The Hall–Kier alpha value is -5.54. The molecule has 0 aliphatic rings. The zero-order valence-electron chi connectivity index (χ0n) is 29.5. The third kappa shape index (κ3) is 9.90. The molecule has 0 spiro atoms. The number of benzene rings is 4. The normalized spacial score (nSPS) is 12.3. The molecule has 0 saturated carbocycles. The molecule has 12 N–H and O–H groups in total. The van der Waals surface area contributed by atoms with Crippen molar-refractivity contribution in [2.75, 3.05) is 26.2 Å². The molecule has 54 heavy (non-hydrogen) atoms. The fourth-order valence-corrected chi connectivity index (χ4v) is 5.87. The van der Waals surface area contributed by atoms with Gasteiger partial charge in [-0.2, -0.15) is 0 Å². The molecule has 2 aromatic heterocycles. The first kappa shape index (κ1) is 39.7. The van der Waals surface area contributed by atoms with Crippen LogP contribution in [0.2, 0.25) is 0 Å². The number of H-pyrrole nitrogens is 2. The SMILES string of the molecule is NCCC[C@H](N)CNC(=O)c1[nH]c2cc(-c3ccc(F)cc3)ccc2c1F.NCCC[C@H](N)CNC(=O)c1[nH]c2cc(-c3ccc(F)cc3)ccc2c1F. The number of carbonyl (C=O) groups is 2. The molecule has 0 radical (unpaired) electrons. The molecule has 2 heterocycles. The number of nitrogens with two attached hydrogens (primary N) is 4. The Balaban J connectivity index is 0.000000208. The lowest BCUT2D eigenvalue weighted by molar-refractivity contribution is 0.0934. The average molecular weight is 745 g/mol. The van der Waals surface area contributed by atoms with Crippen LogP contribution in [-0.2, 0) is 0 Å². The van der Waals surface area contributed by atoms with E-state index in [2.05, 4.69) is 20.6 Å². The van der Waals surface area contributed by atoms with Gasteiger partial charge in [-0.1, -0.05) is 36.4 Å². The number of carbonyl (C=O) groups excluding carboxylic acids is 2. The van der Waals surface area contributed by atoms with E-state index in [0.717, 1.165) is 35.1 Å². The second kappa shape index (κ2) is 18.5. The molecule has 4 aromatic carbocycles. The van der Waals surface area contributed by atoms with Crippen LogP contribution in [0.1, 0.15) is 46.7 Å². The van der Waals surface area contributed by atoms with Crippen LogP contribution < -0.4 is 33.6 Å². The summed E-state index contributed by atoms with van der Waals surface area (Å²) in [6, 6.07) is 21.7. The monoisotopic (exact) mass is 744 g/mol. The van der Waals surface area contributed by atoms with Crippen molar-refractivity contribution >= 4 is 33.6 Å². The van der Waals surface area contributed by atoms with Gasteiger partial charge in [-0.3, -0.25) is 9.59 Å². The minimum absolute atomic E-state index is 0.132. The highest BCUT2D eigenvalue weighted by Crippen LogP contribution is 2.29. The van der Waals surface area contributed by atoms with Gasteiger partial charge >= 0.3 is 0 Å². The van der Waals surface area contributed by atoms with Crippen molar-refractivity contribution in [2.24, 2.45) is 22.9 Å². The van der Waals surface area contributed by atoms with Crippen molar-refractivity contribution < 1.29 is 27.2 Å². The van der Waals surface area contributed by atoms with Crippen molar-refractivity contribution in [3.63, 3.8) is 0 Å². The van der Waals surface area contributed by atoms with Gasteiger partial charge < -0.3 is 43.5 Å². The molecule has 0 aliphatic heterocycles. The van der Waals surface area contributed by atoms with Crippen molar-refractivity contribution in [2.45, 2.75) is 37.8 Å². The average Bonchev–Trinajstić information content (AvgIpc) is 3.70. The van der Waals surface area contributed by atoms with E-state index in [1.54, 1.807) is 60.7 Å². The van der Waals surface area contributed by atoms with E-state index in [4.69, 9.17) is 22.9 Å². The van der Waals surface area contributed by atoms with Gasteiger partial charge in [-0.15, -0.1) is 0 Å². The van der Waals surface area contributed by atoms with E-state index in [1.807, 2.05) is 0 Å². The smallest absolute Gasteiger partial charge is 0.270 e. The van der Waals surface area contributed by atoms with Gasteiger partial charge in [0.25, 0.3) is 11.8 Å². The van der Waals surface area contributed by atoms with E-state index >= 15 is 0 Å². The summed E-state index contributed by atoms with van der Waals surface area (Å²) in [6.45, 7) is 1.56. The standard InChI is InChI=1S/2C20H22F2N4O/c2*21-14-6-3-12(4-7-14)13-5-8-16-17(10-13)26-19(18(16)22)20(27)25-11-15(24)2-1-9-23/h2*3-8,10,15,26H,1-2,9,11,23-24H2,(H,25,27)/t2*15-/m00/s1. The Bertz CT molecular complexity index is 2030. The van der Waals surface area contributed by atoms with Crippen LogP contribution in [0, 0.1) is 23.3 Å². The molecule has 284 valence electrons. The van der Waals surface area contributed by atoms with E-state index < -0.39 is 23.4 Å². The largest absolute Gasteiger partial charge is 0.349 e. The van der Waals surface area contributed by atoms with Gasteiger partial charge in [0.15, 0.2) is 11.6 Å².